The molecule has 0 aliphatic heterocycles. The van der Waals surface area contributed by atoms with Crippen molar-refractivity contribution in [1.29, 1.82) is 0 Å². The quantitative estimate of drug-likeness (QED) is 0.785. The van der Waals surface area contributed by atoms with Crippen LogP contribution in [0.2, 0.25) is 0 Å². The van der Waals surface area contributed by atoms with E-state index in [4.69, 9.17) is 4.74 Å². The lowest BCUT2D eigenvalue weighted by Gasteiger charge is -2.40. The molecule has 0 bridgehead atoms. The summed E-state index contributed by atoms with van der Waals surface area (Å²) in [6.45, 7) is 7.47. The zero-order valence-corrected chi connectivity index (χ0v) is 14.5. The fourth-order valence-corrected chi connectivity index (χ4v) is 3.86. The maximum Gasteiger partial charge on any atom is 0.226 e. The number of hydrogen-bond acceptors (Lipinski definition) is 3. The van der Waals surface area contributed by atoms with Gasteiger partial charge in [0.1, 0.15) is 0 Å². The monoisotopic (exact) mass is 310 g/mol. The van der Waals surface area contributed by atoms with Crippen LogP contribution in [0, 0.1) is 22.2 Å². The van der Waals surface area contributed by atoms with Gasteiger partial charge in [0, 0.05) is 32.0 Å². The van der Waals surface area contributed by atoms with E-state index in [2.05, 4.69) is 10.6 Å². The summed E-state index contributed by atoms with van der Waals surface area (Å²) < 4.78 is 5.25. The highest BCUT2D eigenvalue weighted by molar-refractivity contribution is 5.87. The molecule has 5 heteroatoms. The Kier molecular flexibility index (Phi) is 4.58. The van der Waals surface area contributed by atoms with Crippen molar-refractivity contribution in [2.75, 3.05) is 27.3 Å². The summed E-state index contributed by atoms with van der Waals surface area (Å²) in [5, 5.41) is 5.87. The van der Waals surface area contributed by atoms with Gasteiger partial charge in [-0.05, 0) is 31.1 Å². The second kappa shape index (κ2) is 5.84. The molecule has 2 aliphatic carbocycles. The lowest BCUT2D eigenvalue weighted by Crippen LogP contribution is -2.50. The summed E-state index contributed by atoms with van der Waals surface area (Å²) in [5.41, 5.74) is -0.716. The topological polar surface area (TPSA) is 67.4 Å². The summed E-state index contributed by atoms with van der Waals surface area (Å²) in [6.07, 6.45) is 3.74. The molecule has 0 aromatic rings. The van der Waals surface area contributed by atoms with E-state index in [0.717, 1.165) is 25.7 Å². The van der Waals surface area contributed by atoms with Crippen LogP contribution in [0.25, 0.3) is 0 Å². The Morgan fingerprint density at radius 3 is 2.32 bits per heavy atom. The molecule has 5 nitrogen and oxygen atoms in total. The zero-order chi connectivity index (χ0) is 16.6. The number of carbonyl (C=O) groups is 2. The van der Waals surface area contributed by atoms with E-state index < -0.39 is 5.41 Å². The zero-order valence-electron chi connectivity index (χ0n) is 14.5. The van der Waals surface area contributed by atoms with Crippen molar-refractivity contribution >= 4 is 11.8 Å². The van der Waals surface area contributed by atoms with Crippen molar-refractivity contribution < 1.29 is 14.3 Å². The smallest absolute Gasteiger partial charge is 0.226 e. The molecular formula is C17H30N2O3. The number of rotatable bonds is 6. The minimum absolute atomic E-state index is 0.0413. The molecule has 0 radical (unpaired) electrons. The maximum atomic E-state index is 12.8. The predicted molar refractivity (Wildman–Crippen MR) is 85.2 cm³/mol. The highest BCUT2D eigenvalue weighted by atomic mass is 16.5. The Morgan fingerprint density at radius 2 is 1.82 bits per heavy atom. The predicted octanol–water partition coefficient (Wildman–Crippen LogP) is 1.72. The molecule has 0 saturated heterocycles. The number of carbonyl (C=O) groups excluding carboxylic acids is 2. The van der Waals surface area contributed by atoms with Gasteiger partial charge in [-0.1, -0.05) is 20.8 Å². The average Bonchev–Trinajstić information content (AvgIpc) is 3.19. The first kappa shape index (κ1) is 17.3. The molecule has 22 heavy (non-hydrogen) atoms. The van der Waals surface area contributed by atoms with E-state index in [9.17, 15) is 9.59 Å². The first-order valence-electron chi connectivity index (χ1n) is 8.21. The molecule has 2 aliphatic rings. The molecule has 2 atom stereocenters. The number of methoxy groups -OCH3 is 1. The van der Waals surface area contributed by atoms with E-state index in [0.29, 0.717) is 13.2 Å². The van der Waals surface area contributed by atoms with Crippen LogP contribution >= 0.6 is 0 Å². The maximum absolute atomic E-state index is 12.8. The fraction of sp³-hybridized carbons (Fsp3) is 0.882. The van der Waals surface area contributed by atoms with Crippen molar-refractivity contribution in [3.05, 3.63) is 0 Å². The minimum atomic E-state index is -0.507. The highest BCUT2D eigenvalue weighted by Gasteiger charge is 2.58. The van der Waals surface area contributed by atoms with Crippen LogP contribution in [-0.4, -0.2) is 39.1 Å². The number of hydrogen-bond donors (Lipinski definition) is 2. The molecule has 0 heterocycles. The highest BCUT2D eigenvalue weighted by Crippen LogP contribution is 2.56. The molecule has 0 aromatic carbocycles. The van der Waals surface area contributed by atoms with Gasteiger partial charge in [0.25, 0.3) is 0 Å². The van der Waals surface area contributed by atoms with Gasteiger partial charge in [-0.15, -0.1) is 0 Å². The second-order valence-corrected chi connectivity index (χ2v) is 7.87. The number of amides is 2. The molecule has 2 fully saturated rings. The Morgan fingerprint density at radius 1 is 1.18 bits per heavy atom. The molecule has 126 valence electrons. The summed E-state index contributed by atoms with van der Waals surface area (Å²) in [6, 6.07) is 0. The molecule has 2 rings (SSSR count). The van der Waals surface area contributed by atoms with Crippen molar-refractivity contribution in [2.24, 2.45) is 22.2 Å². The van der Waals surface area contributed by atoms with Gasteiger partial charge in [0.2, 0.25) is 11.8 Å². The minimum Gasteiger partial charge on any atom is -0.384 e. The average molecular weight is 310 g/mol. The Bertz CT molecular complexity index is 457. The second-order valence-electron chi connectivity index (χ2n) is 7.87. The molecule has 0 aromatic heterocycles. The molecule has 0 spiro atoms. The number of ether oxygens (including phenoxy) is 1. The molecular weight excluding hydrogens is 280 g/mol. The SMILES string of the molecule is CNC(=O)[C@H]1CC[C@@](C)(C(=O)NCC2(COC)CC2)C1(C)C. The van der Waals surface area contributed by atoms with E-state index in [1.54, 1.807) is 14.2 Å². The third-order valence-electron chi connectivity index (χ3n) is 6.32. The van der Waals surface area contributed by atoms with Crippen LogP contribution < -0.4 is 10.6 Å². The van der Waals surface area contributed by atoms with Gasteiger partial charge in [0.05, 0.1) is 12.0 Å². The Hall–Kier alpha value is -1.10. The lowest BCUT2D eigenvalue weighted by molar-refractivity contribution is -0.139. The van der Waals surface area contributed by atoms with E-state index in [1.807, 2.05) is 20.8 Å². The standard InChI is InChI=1S/C17H30N2O3/c1-15(2)12(13(20)18-4)6-7-16(15,3)14(21)19-10-17(8-9-17)11-22-5/h12H,6-11H2,1-5H3,(H,18,20)(H,19,21)/t12-,16+/m1/s1. The fourth-order valence-electron chi connectivity index (χ4n) is 3.86. The van der Waals surface area contributed by atoms with Crippen LogP contribution in [0.4, 0.5) is 0 Å². The van der Waals surface area contributed by atoms with Crippen molar-refractivity contribution in [1.82, 2.24) is 10.6 Å². The normalized spacial score (nSPS) is 31.6. The van der Waals surface area contributed by atoms with Crippen LogP contribution in [0.5, 0.6) is 0 Å². The molecule has 2 saturated carbocycles. The summed E-state index contributed by atoms with van der Waals surface area (Å²) in [4.78, 5) is 24.9. The Balaban J connectivity index is 2.04. The van der Waals surface area contributed by atoms with E-state index in [-0.39, 0.29) is 28.6 Å². The van der Waals surface area contributed by atoms with Gasteiger partial charge in [-0.3, -0.25) is 9.59 Å². The van der Waals surface area contributed by atoms with Gasteiger partial charge in [-0.25, -0.2) is 0 Å². The van der Waals surface area contributed by atoms with Crippen molar-refractivity contribution in [3.8, 4) is 0 Å². The molecule has 0 unspecified atom stereocenters. The van der Waals surface area contributed by atoms with Gasteiger partial charge >= 0.3 is 0 Å². The van der Waals surface area contributed by atoms with E-state index >= 15 is 0 Å². The largest absolute Gasteiger partial charge is 0.384 e. The third-order valence-corrected chi connectivity index (χ3v) is 6.32. The summed E-state index contributed by atoms with van der Waals surface area (Å²) in [7, 11) is 3.37. The van der Waals surface area contributed by atoms with E-state index in [1.165, 1.54) is 0 Å². The van der Waals surface area contributed by atoms with Crippen molar-refractivity contribution in [2.45, 2.75) is 46.5 Å². The molecule has 2 N–H and O–H groups in total. The first-order valence-corrected chi connectivity index (χ1v) is 8.21. The summed E-state index contributed by atoms with van der Waals surface area (Å²) >= 11 is 0. The molecule has 2 amide bonds. The summed E-state index contributed by atoms with van der Waals surface area (Å²) in [5.74, 6) is 0.00737. The Labute approximate surface area is 133 Å². The van der Waals surface area contributed by atoms with Crippen LogP contribution in [0.15, 0.2) is 0 Å². The van der Waals surface area contributed by atoms with Gasteiger partial charge in [-0.2, -0.15) is 0 Å². The first-order chi connectivity index (χ1) is 10.2. The van der Waals surface area contributed by atoms with Crippen LogP contribution in [0.3, 0.4) is 0 Å². The van der Waals surface area contributed by atoms with Crippen LogP contribution in [0.1, 0.15) is 46.5 Å². The van der Waals surface area contributed by atoms with Gasteiger partial charge < -0.3 is 15.4 Å². The lowest BCUT2D eigenvalue weighted by atomic mass is 9.65. The number of nitrogens with one attached hydrogen (secondary N) is 2. The van der Waals surface area contributed by atoms with Gasteiger partial charge in [0.15, 0.2) is 0 Å². The van der Waals surface area contributed by atoms with Crippen LogP contribution in [-0.2, 0) is 14.3 Å². The van der Waals surface area contributed by atoms with Crippen molar-refractivity contribution in [3.63, 3.8) is 0 Å². The third kappa shape index (κ3) is 2.75.